The minimum atomic E-state index is 0.339. The largest absolute Gasteiger partial charge is 0.467 e. The molecule has 0 bridgehead atoms. The number of piperazine rings is 1. The number of ether oxygens (including phenoxy) is 2. The molecule has 0 aliphatic carbocycles. The Hall–Kier alpha value is -2.91. The zero-order valence-corrected chi connectivity index (χ0v) is 16.5. The summed E-state index contributed by atoms with van der Waals surface area (Å²) in [6.45, 7) is 7.00. The molecule has 4 heterocycles. The van der Waals surface area contributed by atoms with Crippen molar-refractivity contribution in [2.75, 3.05) is 69.4 Å². The maximum absolute atomic E-state index is 5.47. The van der Waals surface area contributed by atoms with Gasteiger partial charge in [0, 0.05) is 56.4 Å². The summed E-state index contributed by atoms with van der Waals surface area (Å²) in [5, 5.41) is 9.09. The van der Waals surface area contributed by atoms with E-state index < -0.39 is 0 Å². The maximum atomic E-state index is 5.47. The van der Waals surface area contributed by atoms with Gasteiger partial charge in [-0.25, -0.2) is 4.68 Å². The van der Waals surface area contributed by atoms with E-state index in [1.54, 1.807) is 7.11 Å². The van der Waals surface area contributed by atoms with Crippen LogP contribution >= 0.6 is 0 Å². The highest BCUT2D eigenvalue weighted by Gasteiger charge is 2.18. The number of morpholine rings is 1. The molecular formula is C20H25N7O2. The molecule has 1 aromatic carbocycles. The van der Waals surface area contributed by atoms with Gasteiger partial charge in [0.1, 0.15) is 5.82 Å². The summed E-state index contributed by atoms with van der Waals surface area (Å²) >= 11 is 0. The smallest absolute Gasteiger partial charge is 0.320 e. The number of benzene rings is 1. The van der Waals surface area contributed by atoms with Gasteiger partial charge in [-0.3, -0.25) is 0 Å². The highest BCUT2D eigenvalue weighted by Crippen LogP contribution is 2.26. The van der Waals surface area contributed by atoms with Crippen LogP contribution in [0, 0.1) is 0 Å². The van der Waals surface area contributed by atoms with E-state index in [9.17, 15) is 0 Å². The summed E-state index contributed by atoms with van der Waals surface area (Å²) in [5.74, 6) is 1.53. The Morgan fingerprint density at radius 3 is 2.55 bits per heavy atom. The fourth-order valence-corrected chi connectivity index (χ4v) is 3.86. The van der Waals surface area contributed by atoms with E-state index in [-0.39, 0.29) is 0 Å². The van der Waals surface area contributed by atoms with Crippen LogP contribution in [-0.2, 0) is 4.74 Å². The Morgan fingerprint density at radius 2 is 1.76 bits per heavy atom. The van der Waals surface area contributed by atoms with Crippen molar-refractivity contribution in [2.45, 2.75) is 0 Å². The number of aromatic nitrogens is 4. The first kappa shape index (κ1) is 18.1. The molecule has 0 atom stereocenters. The molecule has 2 fully saturated rings. The Morgan fingerprint density at radius 1 is 0.966 bits per heavy atom. The standard InChI is InChI=1S/C20H25N7O2/c1-28-20-23-18(26-8-10-29-11-9-26)13-19(24-20)27-17-12-16(3-2-15(17)14-22-27)25-6-4-21-5-7-25/h2-3,12-14,21H,4-11H2,1H3. The quantitative estimate of drug-likeness (QED) is 0.703. The Balaban J connectivity index is 1.55. The van der Waals surface area contributed by atoms with E-state index in [4.69, 9.17) is 9.47 Å². The highest BCUT2D eigenvalue weighted by atomic mass is 16.5. The van der Waals surface area contributed by atoms with E-state index in [1.165, 1.54) is 5.69 Å². The molecule has 1 N–H and O–H groups in total. The van der Waals surface area contributed by atoms with Crippen LogP contribution in [0.25, 0.3) is 16.7 Å². The molecule has 5 rings (SSSR count). The second-order valence-electron chi connectivity index (χ2n) is 7.21. The average Bonchev–Trinajstić information content (AvgIpc) is 3.23. The Kier molecular flexibility index (Phi) is 4.91. The number of hydrogen-bond donors (Lipinski definition) is 1. The molecule has 2 aromatic heterocycles. The lowest BCUT2D eigenvalue weighted by atomic mass is 10.2. The molecule has 2 aliphatic heterocycles. The van der Waals surface area contributed by atoms with E-state index in [0.717, 1.165) is 56.0 Å². The molecule has 0 amide bonds. The van der Waals surface area contributed by atoms with Gasteiger partial charge < -0.3 is 24.6 Å². The van der Waals surface area contributed by atoms with Crippen molar-refractivity contribution in [3.05, 3.63) is 30.5 Å². The minimum Gasteiger partial charge on any atom is -0.467 e. The Bertz CT molecular complexity index is 994. The first-order valence-corrected chi connectivity index (χ1v) is 10.0. The van der Waals surface area contributed by atoms with Crippen molar-refractivity contribution in [3.8, 4) is 11.8 Å². The summed E-state index contributed by atoms with van der Waals surface area (Å²) in [6.07, 6.45) is 1.87. The predicted molar refractivity (Wildman–Crippen MR) is 111 cm³/mol. The first-order chi connectivity index (χ1) is 14.3. The summed E-state index contributed by atoms with van der Waals surface area (Å²) in [5.41, 5.74) is 2.23. The molecule has 9 nitrogen and oxygen atoms in total. The first-order valence-electron chi connectivity index (χ1n) is 10.0. The zero-order chi connectivity index (χ0) is 19.6. The molecular weight excluding hydrogens is 370 g/mol. The lowest BCUT2D eigenvalue weighted by Crippen LogP contribution is -2.43. The molecule has 0 radical (unpaired) electrons. The highest BCUT2D eigenvalue weighted by molar-refractivity contribution is 5.84. The molecule has 152 valence electrons. The van der Waals surface area contributed by atoms with Crippen LogP contribution in [0.3, 0.4) is 0 Å². The van der Waals surface area contributed by atoms with Gasteiger partial charge in [-0.15, -0.1) is 0 Å². The third-order valence-electron chi connectivity index (χ3n) is 5.45. The maximum Gasteiger partial charge on any atom is 0.320 e. The minimum absolute atomic E-state index is 0.339. The third kappa shape index (κ3) is 3.58. The lowest BCUT2D eigenvalue weighted by molar-refractivity contribution is 0.122. The molecule has 3 aromatic rings. The van der Waals surface area contributed by atoms with Crippen molar-refractivity contribution in [1.82, 2.24) is 25.1 Å². The normalized spacial score (nSPS) is 17.7. The monoisotopic (exact) mass is 395 g/mol. The topological polar surface area (TPSA) is 80.6 Å². The molecule has 0 unspecified atom stereocenters. The van der Waals surface area contributed by atoms with Crippen molar-refractivity contribution in [2.24, 2.45) is 0 Å². The number of fused-ring (bicyclic) bond motifs is 1. The summed E-state index contributed by atoms with van der Waals surface area (Å²) < 4.78 is 12.7. The number of anilines is 2. The zero-order valence-electron chi connectivity index (χ0n) is 16.5. The van der Waals surface area contributed by atoms with Gasteiger partial charge >= 0.3 is 6.01 Å². The van der Waals surface area contributed by atoms with Gasteiger partial charge in [-0.1, -0.05) is 0 Å². The van der Waals surface area contributed by atoms with Crippen LogP contribution in [0.15, 0.2) is 30.5 Å². The fraction of sp³-hybridized carbons (Fsp3) is 0.450. The summed E-state index contributed by atoms with van der Waals surface area (Å²) in [6, 6.07) is 8.79. The summed E-state index contributed by atoms with van der Waals surface area (Å²) in [4.78, 5) is 13.7. The van der Waals surface area contributed by atoms with E-state index in [2.05, 4.69) is 48.4 Å². The van der Waals surface area contributed by atoms with Crippen molar-refractivity contribution in [3.63, 3.8) is 0 Å². The van der Waals surface area contributed by atoms with Gasteiger partial charge in [0.2, 0.25) is 0 Å². The van der Waals surface area contributed by atoms with Gasteiger partial charge in [0.25, 0.3) is 0 Å². The van der Waals surface area contributed by atoms with Gasteiger partial charge in [-0.05, 0) is 18.2 Å². The molecule has 2 saturated heterocycles. The van der Waals surface area contributed by atoms with Crippen molar-refractivity contribution < 1.29 is 9.47 Å². The molecule has 0 saturated carbocycles. The Labute approximate surface area is 169 Å². The predicted octanol–water partition coefficient (Wildman–Crippen LogP) is 1.07. The SMILES string of the molecule is COc1nc(N2CCOCC2)cc(-n2ncc3ccc(N4CCNCC4)cc32)n1. The number of methoxy groups -OCH3 is 1. The van der Waals surface area contributed by atoms with Crippen LogP contribution in [-0.4, -0.2) is 79.3 Å². The molecule has 0 spiro atoms. The number of nitrogens with one attached hydrogen (secondary N) is 1. The van der Waals surface area contributed by atoms with Gasteiger partial charge in [0.15, 0.2) is 5.82 Å². The molecule has 9 heteroatoms. The third-order valence-corrected chi connectivity index (χ3v) is 5.45. The number of nitrogens with zero attached hydrogens (tertiary/aromatic N) is 6. The molecule has 2 aliphatic rings. The van der Waals surface area contributed by atoms with Crippen LogP contribution in [0.1, 0.15) is 0 Å². The summed E-state index contributed by atoms with van der Waals surface area (Å²) in [7, 11) is 1.59. The van der Waals surface area contributed by atoms with E-state index >= 15 is 0 Å². The second kappa shape index (κ2) is 7.84. The fourth-order valence-electron chi connectivity index (χ4n) is 3.86. The van der Waals surface area contributed by atoms with Crippen LogP contribution < -0.4 is 19.9 Å². The van der Waals surface area contributed by atoms with Crippen molar-refractivity contribution >= 4 is 22.4 Å². The van der Waals surface area contributed by atoms with Gasteiger partial charge in [-0.2, -0.15) is 15.1 Å². The van der Waals surface area contributed by atoms with Crippen molar-refractivity contribution in [1.29, 1.82) is 0 Å². The lowest BCUT2D eigenvalue weighted by Gasteiger charge is -2.29. The van der Waals surface area contributed by atoms with Crippen LogP contribution in [0.4, 0.5) is 11.5 Å². The van der Waals surface area contributed by atoms with Crippen LogP contribution in [0.2, 0.25) is 0 Å². The molecule has 29 heavy (non-hydrogen) atoms. The van der Waals surface area contributed by atoms with Crippen LogP contribution in [0.5, 0.6) is 6.01 Å². The van der Waals surface area contributed by atoms with Gasteiger partial charge in [0.05, 0.1) is 32.0 Å². The number of hydrogen-bond acceptors (Lipinski definition) is 8. The second-order valence-corrected chi connectivity index (χ2v) is 7.21. The number of rotatable bonds is 4. The van der Waals surface area contributed by atoms with E-state index in [0.29, 0.717) is 25.0 Å². The van der Waals surface area contributed by atoms with E-state index in [1.807, 2.05) is 16.9 Å². The average molecular weight is 395 g/mol.